The van der Waals surface area contributed by atoms with Crippen molar-refractivity contribution in [2.45, 2.75) is 24.9 Å². The maximum atomic E-state index is 11.6. The zero-order chi connectivity index (χ0) is 11.7. The van der Waals surface area contributed by atoms with E-state index in [1.54, 1.807) is 10.9 Å². The predicted molar refractivity (Wildman–Crippen MR) is 62.4 cm³/mol. The van der Waals surface area contributed by atoms with Crippen LogP contribution in [0.3, 0.4) is 0 Å². The molecule has 0 amide bonds. The fraction of sp³-hybridized carbons (Fsp3) is 0.444. The van der Waals surface area contributed by atoms with Crippen molar-refractivity contribution in [3.8, 4) is 0 Å². The molecule has 6 nitrogen and oxygen atoms in total. The Morgan fingerprint density at radius 2 is 2.25 bits per heavy atom. The first kappa shape index (κ1) is 11.0. The molecule has 2 rings (SSSR count). The largest absolute Gasteiger partial charge is 0.383 e. The molecule has 0 radical (unpaired) electrons. The highest BCUT2D eigenvalue weighted by molar-refractivity contribution is 7.84. The Hall–Kier alpha value is -1.50. The molecule has 0 fully saturated rings. The molecular weight excluding hydrogens is 226 g/mol. The maximum Gasteiger partial charge on any atom is 0.164 e. The molecule has 0 saturated heterocycles. The van der Waals surface area contributed by atoms with Crippen LogP contribution in [-0.4, -0.2) is 30.2 Å². The Morgan fingerprint density at radius 3 is 2.88 bits per heavy atom. The average Bonchev–Trinajstić information content (AvgIpc) is 2.60. The van der Waals surface area contributed by atoms with Crippen molar-refractivity contribution in [2.75, 3.05) is 12.0 Å². The van der Waals surface area contributed by atoms with Crippen molar-refractivity contribution in [1.82, 2.24) is 19.7 Å². The number of anilines is 1. The molecule has 7 heteroatoms. The molecule has 0 aromatic carbocycles. The summed E-state index contributed by atoms with van der Waals surface area (Å²) in [6.07, 6.45) is 3.90. The normalized spacial score (nSPS) is 13.1. The summed E-state index contributed by atoms with van der Waals surface area (Å²) in [6, 6.07) is 0. The van der Waals surface area contributed by atoms with Gasteiger partial charge in [0.15, 0.2) is 10.7 Å². The van der Waals surface area contributed by atoms with Gasteiger partial charge in [-0.15, -0.1) is 0 Å². The first-order valence-corrected chi connectivity index (χ1v) is 6.51. The van der Waals surface area contributed by atoms with Gasteiger partial charge in [0.25, 0.3) is 0 Å². The zero-order valence-electron chi connectivity index (χ0n) is 9.17. The van der Waals surface area contributed by atoms with Gasteiger partial charge < -0.3 is 5.73 Å². The smallest absolute Gasteiger partial charge is 0.164 e. The summed E-state index contributed by atoms with van der Waals surface area (Å²) in [5, 5.41) is 5.34. The van der Waals surface area contributed by atoms with E-state index in [0.717, 1.165) is 13.0 Å². The van der Waals surface area contributed by atoms with Gasteiger partial charge >= 0.3 is 0 Å². The molecule has 0 aliphatic heterocycles. The van der Waals surface area contributed by atoms with Crippen LogP contribution in [0, 0.1) is 0 Å². The number of aromatic nitrogens is 4. The second-order valence-electron chi connectivity index (χ2n) is 3.44. The van der Waals surface area contributed by atoms with Crippen LogP contribution in [0.15, 0.2) is 11.4 Å². The quantitative estimate of drug-likeness (QED) is 0.845. The summed E-state index contributed by atoms with van der Waals surface area (Å²) < 4.78 is 13.3. The maximum absolute atomic E-state index is 11.6. The molecule has 0 aliphatic carbocycles. The number of hydrogen-bond donors (Lipinski definition) is 1. The molecule has 2 heterocycles. The van der Waals surface area contributed by atoms with E-state index in [2.05, 4.69) is 15.1 Å². The van der Waals surface area contributed by atoms with E-state index >= 15 is 0 Å². The van der Waals surface area contributed by atoms with Gasteiger partial charge in [-0.3, -0.25) is 4.21 Å². The van der Waals surface area contributed by atoms with Crippen LogP contribution in [0.2, 0.25) is 0 Å². The third-order valence-corrected chi connectivity index (χ3v) is 3.06. The topological polar surface area (TPSA) is 86.7 Å². The number of fused-ring (bicyclic) bond motifs is 1. The summed E-state index contributed by atoms with van der Waals surface area (Å²) in [7, 11) is -1.19. The van der Waals surface area contributed by atoms with Crippen molar-refractivity contribution in [3.63, 3.8) is 0 Å². The molecule has 1 unspecified atom stereocenters. The number of nitrogens with two attached hydrogens (primary N) is 1. The van der Waals surface area contributed by atoms with Gasteiger partial charge in [0.2, 0.25) is 0 Å². The van der Waals surface area contributed by atoms with Gasteiger partial charge in [0.05, 0.1) is 16.2 Å². The van der Waals surface area contributed by atoms with Crippen LogP contribution in [0.4, 0.5) is 5.82 Å². The molecule has 16 heavy (non-hydrogen) atoms. The molecule has 0 spiro atoms. The highest BCUT2D eigenvalue weighted by Gasteiger charge is 2.17. The Labute approximate surface area is 95.3 Å². The van der Waals surface area contributed by atoms with Crippen LogP contribution >= 0.6 is 0 Å². The number of rotatable bonds is 3. The predicted octanol–water partition coefficient (Wildman–Crippen LogP) is 0.556. The van der Waals surface area contributed by atoms with E-state index in [1.807, 2.05) is 6.92 Å². The fourth-order valence-electron chi connectivity index (χ4n) is 1.57. The molecule has 0 saturated carbocycles. The lowest BCUT2D eigenvalue weighted by atomic mass is 10.4. The summed E-state index contributed by atoms with van der Waals surface area (Å²) in [5.74, 6) is 0.331. The van der Waals surface area contributed by atoms with Crippen molar-refractivity contribution in [3.05, 3.63) is 6.33 Å². The highest BCUT2D eigenvalue weighted by atomic mass is 32.2. The fourth-order valence-corrected chi connectivity index (χ4v) is 2.26. The summed E-state index contributed by atoms with van der Waals surface area (Å²) >= 11 is 0. The average molecular weight is 239 g/mol. The third kappa shape index (κ3) is 1.67. The van der Waals surface area contributed by atoms with Crippen LogP contribution < -0.4 is 5.73 Å². The van der Waals surface area contributed by atoms with E-state index in [1.165, 1.54) is 6.33 Å². The monoisotopic (exact) mass is 239 g/mol. The molecule has 2 aromatic rings. The molecule has 1 atom stereocenters. The van der Waals surface area contributed by atoms with E-state index in [4.69, 9.17) is 5.73 Å². The Bertz CT molecular complexity index is 550. The van der Waals surface area contributed by atoms with Crippen molar-refractivity contribution in [1.29, 1.82) is 0 Å². The first-order chi connectivity index (χ1) is 7.65. The van der Waals surface area contributed by atoms with E-state index in [9.17, 15) is 4.21 Å². The first-order valence-electron chi connectivity index (χ1n) is 4.95. The van der Waals surface area contributed by atoms with E-state index in [-0.39, 0.29) is 0 Å². The van der Waals surface area contributed by atoms with Crippen molar-refractivity contribution >= 4 is 27.7 Å². The SMILES string of the molecule is CCCn1nc(S(C)=O)c2c(N)ncnc21. The van der Waals surface area contributed by atoms with Crippen LogP contribution in [0.25, 0.3) is 11.0 Å². The molecular formula is C9H13N5OS. The number of hydrogen-bond acceptors (Lipinski definition) is 5. The third-order valence-electron chi connectivity index (χ3n) is 2.23. The number of nitrogen functional groups attached to an aromatic ring is 1. The van der Waals surface area contributed by atoms with Crippen LogP contribution in [0.5, 0.6) is 0 Å². The standard InChI is InChI=1S/C9H13N5OS/c1-3-4-14-8-6(7(10)11-5-12-8)9(13-14)16(2)15/h5H,3-4H2,1-2H3,(H2,10,11,12). The lowest BCUT2D eigenvalue weighted by Gasteiger charge is -1.98. The van der Waals surface area contributed by atoms with Gasteiger partial charge in [0, 0.05) is 12.8 Å². The minimum absolute atomic E-state index is 0.331. The van der Waals surface area contributed by atoms with Crippen molar-refractivity contribution in [2.24, 2.45) is 0 Å². The minimum atomic E-state index is -1.19. The summed E-state index contributed by atoms with van der Waals surface area (Å²) in [5.41, 5.74) is 6.42. The molecule has 86 valence electrons. The highest BCUT2D eigenvalue weighted by Crippen LogP contribution is 2.23. The molecule has 0 aliphatic rings. The molecule has 2 aromatic heterocycles. The Morgan fingerprint density at radius 1 is 1.50 bits per heavy atom. The summed E-state index contributed by atoms with van der Waals surface area (Å²) in [4.78, 5) is 8.04. The van der Waals surface area contributed by atoms with Gasteiger partial charge in [-0.05, 0) is 6.42 Å². The minimum Gasteiger partial charge on any atom is -0.383 e. The zero-order valence-corrected chi connectivity index (χ0v) is 9.99. The van der Waals surface area contributed by atoms with E-state index in [0.29, 0.717) is 21.9 Å². The lowest BCUT2D eigenvalue weighted by Crippen LogP contribution is -2.01. The molecule has 0 bridgehead atoms. The van der Waals surface area contributed by atoms with Gasteiger partial charge in [-0.2, -0.15) is 5.10 Å². The van der Waals surface area contributed by atoms with Gasteiger partial charge in [-0.1, -0.05) is 6.92 Å². The van der Waals surface area contributed by atoms with E-state index < -0.39 is 10.8 Å². The van der Waals surface area contributed by atoms with Crippen molar-refractivity contribution < 1.29 is 4.21 Å². The van der Waals surface area contributed by atoms with Crippen LogP contribution in [0.1, 0.15) is 13.3 Å². The van der Waals surface area contributed by atoms with Gasteiger partial charge in [0.1, 0.15) is 12.1 Å². The second-order valence-corrected chi connectivity index (χ2v) is 4.73. The van der Waals surface area contributed by atoms with Gasteiger partial charge in [-0.25, -0.2) is 14.6 Å². The molecule has 2 N–H and O–H groups in total. The Kier molecular flexibility index (Phi) is 2.86. The lowest BCUT2D eigenvalue weighted by molar-refractivity contribution is 0.598. The summed E-state index contributed by atoms with van der Waals surface area (Å²) in [6.45, 7) is 2.77. The number of aryl methyl sites for hydroxylation is 1. The second kappa shape index (κ2) is 4.17. The Balaban J connectivity index is 2.76. The van der Waals surface area contributed by atoms with Crippen LogP contribution in [-0.2, 0) is 17.3 Å². The number of nitrogens with zero attached hydrogens (tertiary/aromatic N) is 4.